The van der Waals surface area contributed by atoms with E-state index in [2.05, 4.69) is 11.4 Å². The smallest absolute Gasteiger partial charge is 0.104 e. The maximum absolute atomic E-state index is 9.06. The van der Waals surface area contributed by atoms with Crippen LogP contribution >= 0.6 is 0 Å². The van der Waals surface area contributed by atoms with Crippen molar-refractivity contribution in [2.45, 2.75) is 18.0 Å². The number of nitrogens with zero attached hydrogens (tertiary/aromatic N) is 1. The van der Waals surface area contributed by atoms with E-state index in [1.807, 2.05) is 30.3 Å². The summed E-state index contributed by atoms with van der Waals surface area (Å²) in [6.45, 7) is 0.0811. The van der Waals surface area contributed by atoms with Crippen molar-refractivity contribution in [3.8, 4) is 6.07 Å². The van der Waals surface area contributed by atoms with E-state index in [9.17, 15) is 0 Å². The minimum Gasteiger partial charge on any atom is -0.395 e. The molecule has 0 aliphatic carbocycles. The average Bonchev–Trinajstić information content (AvgIpc) is 2.19. The topological polar surface area (TPSA) is 56.0 Å². The highest BCUT2D eigenvalue weighted by atomic mass is 16.3. The number of hydrogen-bond acceptors (Lipinski definition) is 3. The Hall–Kier alpha value is -1.37. The summed E-state index contributed by atoms with van der Waals surface area (Å²) in [5.74, 6) is 0.131. The predicted molar refractivity (Wildman–Crippen MR) is 52.6 cm³/mol. The Kier molecular flexibility index (Phi) is 2.49. The van der Waals surface area contributed by atoms with E-state index in [4.69, 9.17) is 10.4 Å². The molecule has 0 amide bonds. The van der Waals surface area contributed by atoms with Crippen LogP contribution in [0.4, 0.5) is 0 Å². The molecule has 1 heterocycles. The van der Waals surface area contributed by atoms with Gasteiger partial charge in [-0.1, -0.05) is 30.3 Å². The number of rotatable bonds is 2. The van der Waals surface area contributed by atoms with E-state index in [-0.39, 0.29) is 24.6 Å². The number of benzene rings is 1. The number of hydrogen-bond donors (Lipinski definition) is 2. The summed E-state index contributed by atoms with van der Waals surface area (Å²) in [5.41, 5.74) is 1.12. The van der Waals surface area contributed by atoms with Crippen molar-refractivity contribution in [1.82, 2.24) is 5.32 Å². The van der Waals surface area contributed by atoms with Crippen LogP contribution in [0.2, 0.25) is 0 Å². The molecule has 1 aliphatic rings. The Labute approximate surface area is 83.0 Å². The Morgan fingerprint density at radius 1 is 1.36 bits per heavy atom. The summed E-state index contributed by atoms with van der Waals surface area (Å²) in [6.07, 6.45) is 0. The molecule has 3 atom stereocenters. The van der Waals surface area contributed by atoms with Crippen molar-refractivity contribution in [2.24, 2.45) is 0 Å². The van der Waals surface area contributed by atoms with Gasteiger partial charge in [0, 0.05) is 12.0 Å². The lowest BCUT2D eigenvalue weighted by atomic mass is 9.78. The molecular weight excluding hydrogens is 176 g/mol. The van der Waals surface area contributed by atoms with Gasteiger partial charge < -0.3 is 5.11 Å². The first-order valence-electron chi connectivity index (χ1n) is 4.68. The molecule has 0 spiro atoms. The summed E-state index contributed by atoms with van der Waals surface area (Å²) >= 11 is 0. The van der Waals surface area contributed by atoms with Gasteiger partial charge in [-0.05, 0) is 5.56 Å². The number of aliphatic hydroxyl groups excluding tert-OH is 1. The fourth-order valence-electron chi connectivity index (χ4n) is 1.94. The van der Waals surface area contributed by atoms with Gasteiger partial charge in [0.05, 0.1) is 12.7 Å². The average molecular weight is 188 g/mol. The lowest BCUT2D eigenvalue weighted by Crippen LogP contribution is -2.60. The second kappa shape index (κ2) is 3.79. The summed E-state index contributed by atoms with van der Waals surface area (Å²) in [5, 5.41) is 20.9. The van der Waals surface area contributed by atoms with Crippen LogP contribution in [0.1, 0.15) is 11.5 Å². The Bertz CT molecular complexity index is 344. The maximum Gasteiger partial charge on any atom is 0.104 e. The lowest BCUT2D eigenvalue weighted by molar-refractivity contribution is 0.151. The molecule has 72 valence electrons. The van der Waals surface area contributed by atoms with Crippen LogP contribution in [-0.2, 0) is 0 Å². The first kappa shape index (κ1) is 9.20. The van der Waals surface area contributed by atoms with Gasteiger partial charge in [0.15, 0.2) is 0 Å². The molecule has 1 aliphatic heterocycles. The van der Waals surface area contributed by atoms with Crippen molar-refractivity contribution in [2.75, 3.05) is 6.61 Å². The molecule has 2 N–H and O–H groups in total. The highest BCUT2D eigenvalue weighted by Gasteiger charge is 2.40. The van der Waals surface area contributed by atoms with E-state index >= 15 is 0 Å². The van der Waals surface area contributed by atoms with Crippen LogP contribution in [0.5, 0.6) is 0 Å². The molecule has 1 aromatic rings. The minimum atomic E-state index is -0.158. The van der Waals surface area contributed by atoms with Crippen molar-refractivity contribution >= 4 is 0 Å². The van der Waals surface area contributed by atoms with Crippen LogP contribution in [0, 0.1) is 11.3 Å². The number of nitrogens with one attached hydrogen (secondary N) is 1. The van der Waals surface area contributed by atoms with Gasteiger partial charge in [-0.15, -0.1) is 0 Å². The van der Waals surface area contributed by atoms with Gasteiger partial charge in [0.2, 0.25) is 0 Å². The van der Waals surface area contributed by atoms with E-state index in [1.54, 1.807) is 0 Å². The molecule has 0 unspecified atom stereocenters. The lowest BCUT2D eigenvalue weighted by Gasteiger charge is -2.41. The molecule has 14 heavy (non-hydrogen) atoms. The first-order valence-corrected chi connectivity index (χ1v) is 4.68. The summed E-state index contributed by atoms with van der Waals surface area (Å²) in [6, 6.07) is 11.9. The largest absolute Gasteiger partial charge is 0.395 e. The Morgan fingerprint density at radius 2 is 2.07 bits per heavy atom. The van der Waals surface area contributed by atoms with Gasteiger partial charge in [0.25, 0.3) is 0 Å². The van der Waals surface area contributed by atoms with Crippen molar-refractivity contribution in [1.29, 1.82) is 5.26 Å². The van der Waals surface area contributed by atoms with Crippen LogP contribution < -0.4 is 5.32 Å². The van der Waals surface area contributed by atoms with Crippen LogP contribution in [0.15, 0.2) is 30.3 Å². The molecule has 3 heteroatoms. The van der Waals surface area contributed by atoms with Gasteiger partial charge >= 0.3 is 0 Å². The van der Waals surface area contributed by atoms with Gasteiger partial charge in [-0.2, -0.15) is 5.26 Å². The molecular formula is C11H12N2O. The maximum atomic E-state index is 9.06. The molecule has 1 saturated heterocycles. The van der Waals surface area contributed by atoms with Gasteiger partial charge in [-0.25, -0.2) is 0 Å². The van der Waals surface area contributed by atoms with Crippen LogP contribution in [0.25, 0.3) is 0 Å². The highest BCUT2D eigenvalue weighted by molar-refractivity contribution is 5.30. The quantitative estimate of drug-likeness (QED) is 0.715. The monoisotopic (exact) mass is 188 g/mol. The third-order valence-corrected chi connectivity index (χ3v) is 2.71. The molecule has 1 fully saturated rings. The second-order valence-corrected chi connectivity index (χ2v) is 3.50. The molecule has 2 rings (SSSR count). The molecule has 0 radical (unpaired) electrons. The second-order valence-electron chi connectivity index (χ2n) is 3.50. The molecule has 1 aromatic carbocycles. The molecule has 3 nitrogen and oxygen atoms in total. The highest BCUT2D eigenvalue weighted by Crippen LogP contribution is 2.31. The zero-order valence-corrected chi connectivity index (χ0v) is 7.72. The zero-order chi connectivity index (χ0) is 9.97. The summed E-state index contributed by atoms with van der Waals surface area (Å²) in [4.78, 5) is 0. The van der Waals surface area contributed by atoms with Crippen molar-refractivity contribution in [3.05, 3.63) is 35.9 Å². The predicted octanol–water partition coefficient (Wildman–Crippen LogP) is 0.626. The fraction of sp³-hybridized carbons (Fsp3) is 0.364. The summed E-state index contributed by atoms with van der Waals surface area (Å²) < 4.78 is 0. The van der Waals surface area contributed by atoms with Crippen LogP contribution in [0.3, 0.4) is 0 Å². The molecule has 0 bridgehead atoms. The van der Waals surface area contributed by atoms with Crippen LogP contribution in [-0.4, -0.2) is 23.8 Å². The van der Waals surface area contributed by atoms with E-state index < -0.39 is 0 Å². The van der Waals surface area contributed by atoms with E-state index in [1.165, 1.54) is 0 Å². The third kappa shape index (κ3) is 1.39. The van der Waals surface area contributed by atoms with Crippen molar-refractivity contribution in [3.63, 3.8) is 0 Å². The van der Waals surface area contributed by atoms with Gasteiger partial charge in [0.1, 0.15) is 6.04 Å². The Morgan fingerprint density at radius 3 is 2.64 bits per heavy atom. The standard InChI is InChI=1S/C11H12N2O/c12-6-9-11(10(7-14)13-9)8-4-2-1-3-5-8/h1-5,9-11,13-14H,7H2/t9-,10+,11-/m1/s1. The first-order chi connectivity index (χ1) is 6.86. The zero-order valence-electron chi connectivity index (χ0n) is 7.72. The van der Waals surface area contributed by atoms with Gasteiger partial charge in [-0.3, -0.25) is 5.32 Å². The molecule has 0 saturated carbocycles. The fourth-order valence-corrected chi connectivity index (χ4v) is 1.94. The molecule has 0 aromatic heterocycles. The number of nitriles is 1. The van der Waals surface area contributed by atoms with Crippen molar-refractivity contribution < 1.29 is 5.11 Å². The number of aliphatic hydroxyl groups is 1. The van der Waals surface area contributed by atoms with E-state index in [0.29, 0.717) is 0 Å². The third-order valence-electron chi connectivity index (χ3n) is 2.71. The Balaban J connectivity index is 2.20. The van der Waals surface area contributed by atoms with E-state index in [0.717, 1.165) is 5.56 Å². The normalized spacial score (nSPS) is 30.4. The minimum absolute atomic E-state index is 0.0297. The summed E-state index contributed by atoms with van der Waals surface area (Å²) in [7, 11) is 0. The SMILES string of the molecule is N#C[C@H]1N[C@@H](CO)[C@@H]1c1ccccc1.